The fourth-order valence-corrected chi connectivity index (χ4v) is 5.98. The van der Waals surface area contributed by atoms with Crippen molar-refractivity contribution in [1.29, 1.82) is 5.26 Å². The zero-order valence-electron chi connectivity index (χ0n) is 21.3. The quantitative estimate of drug-likeness (QED) is 0.248. The number of fused-ring (bicyclic) bond motifs is 3. The molecule has 5 aromatic rings. The average molecular weight is 472 g/mol. The molecule has 0 amide bonds. The molecular formula is C33H31N2O+. The Morgan fingerprint density at radius 1 is 0.833 bits per heavy atom. The topological polar surface area (TPSA) is 40.8 Å². The van der Waals surface area contributed by atoms with Gasteiger partial charge >= 0.3 is 0 Å². The van der Waals surface area contributed by atoms with Gasteiger partial charge in [-0.2, -0.15) is 5.26 Å². The van der Waals surface area contributed by atoms with Crippen LogP contribution in [0.5, 0.6) is 0 Å². The summed E-state index contributed by atoms with van der Waals surface area (Å²) < 4.78 is 8.87. The van der Waals surface area contributed by atoms with Crippen LogP contribution in [0.15, 0.2) is 71.3 Å². The molecule has 2 aromatic heterocycles. The highest BCUT2D eigenvalue weighted by atomic mass is 16.3. The van der Waals surface area contributed by atoms with Gasteiger partial charge in [-0.05, 0) is 67.0 Å². The fraction of sp³-hybridized carbons (Fsp3) is 0.273. The van der Waals surface area contributed by atoms with Crippen LogP contribution in [0.4, 0.5) is 0 Å². The van der Waals surface area contributed by atoms with E-state index in [-0.39, 0.29) is 0 Å². The predicted octanol–water partition coefficient (Wildman–Crippen LogP) is 8.28. The first kappa shape index (κ1) is 22.6. The monoisotopic (exact) mass is 471 g/mol. The normalized spacial score (nSPS) is 14.4. The van der Waals surface area contributed by atoms with E-state index >= 15 is 0 Å². The van der Waals surface area contributed by atoms with Crippen molar-refractivity contribution < 1.29 is 8.98 Å². The Hall–Kier alpha value is -3.90. The van der Waals surface area contributed by atoms with Gasteiger partial charge in [-0.1, -0.05) is 55.7 Å². The summed E-state index contributed by atoms with van der Waals surface area (Å²) in [5.74, 6) is 0.658. The van der Waals surface area contributed by atoms with E-state index < -0.39 is 0 Å². The minimum Gasteiger partial charge on any atom is -0.454 e. The smallest absolute Gasteiger partial charge is 0.216 e. The number of aryl methyl sites for hydroxylation is 3. The van der Waals surface area contributed by atoms with Gasteiger partial charge in [-0.15, -0.1) is 0 Å². The van der Waals surface area contributed by atoms with Gasteiger partial charge in [0.05, 0.1) is 17.2 Å². The lowest BCUT2D eigenvalue weighted by molar-refractivity contribution is -0.660. The van der Waals surface area contributed by atoms with Gasteiger partial charge in [0.2, 0.25) is 5.69 Å². The highest BCUT2D eigenvalue weighted by molar-refractivity contribution is 6.14. The summed E-state index contributed by atoms with van der Waals surface area (Å²) in [4.78, 5) is 0. The molecule has 0 bridgehead atoms. The first-order valence-electron chi connectivity index (χ1n) is 13.0. The van der Waals surface area contributed by atoms with Gasteiger partial charge in [-0.3, -0.25) is 0 Å². The minimum atomic E-state index is 0.645. The average Bonchev–Trinajstić information content (AvgIpc) is 3.29. The van der Waals surface area contributed by atoms with Gasteiger partial charge in [0.1, 0.15) is 18.2 Å². The Morgan fingerprint density at radius 2 is 1.53 bits per heavy atom. The summed E-state index contributed by atoms with van der Waals surface area (Å²) in [7, 11) is 2.07. The Morgan fingerprint density at radius 3 is 2.25 bits per heavy atom. The number of nitriles is 1. The maximum absolute atomic E-state index is 10.0. The molecule has 1 aliphatic carbocycles. The van der Waals surface area contributed by atoms with E-state index in [1.807, 2.05) is 12.1 Å². The highest BCUT2D eigenvalue weighted by Gasteiger charge is 2.23. The molecule has 0 spiro atoms. The summed E-state index contributed by atoms with van der Waals surface area (Å²) in [5.41, 5.74) is 10.3. The van der Waals surface area contributed by atoms with Crippen LogP contribution in [0.2, 0.25) is 0 Å². The number of nitrogens with zero attached hydrogens (tertiary/aromatic N) is 2. The molecule has 0 aliphatic heterocycles. The number of hydrogen-bond donors (Lipinski definition) is 0. The lowest BCUT2D eigenvalue weighted by Crippen LogP contribution is -2.30. The van der Waals surface area contributed by atoms with E-state index in [0.717, 1.165) is 44.3 Å². The van der Waals surface area contributed by atoms with Crippen LogP contribution in [0.1, 0.15) is 60.3 Å². The van der Waals surface area contributed by atoms with Crippen LogP contribution in [0.3, 0.4) is 0 Å². The molecule has 0 atom stereocenters. The first-order chi connectivity index (χ1) is 17.5. The molecule has 6 rings (SSSR count). The van der Waals surface area contributed by atoms with E-state index in [4.69, 9.17) is 4.42 Å². The second-order valence-electron chi connectivity index (χ2n) is 10.4. The largest absolute Gasteiger partial charge is 0.454 e. The maximum Gasteiger partial charge on any atom is 0.216 e. The zero-order valence-corrected chi connectivity index (χ0v) is 21.3. The van der Waals surface area contributed by atoms with Crippen LogP contribution < -0.4 is 4.57 Å². The standard InChI is InChI=1S/C33H31N2O/c1-21-17-18-35(3)29(19-21)30-22(2)9-15-27-28-16-14-26(20-34)31(33(28)36-32(27)30)25-12-10-24(11-13-25)23-7-5-4-6-8-23/h9-19,23H,4-8H2,1-3H3/q+1. The third-order valence-corrected chi connectivity index (χ3v) is 7.98. The second-order valence-corrected chi connectivity index (χ2v) is 10.4. The van der Waals surface area contributed by atoms with Crippen molar-refractivity contribution in [3.63, 3.8) is 0 Å². The first-order valence-corrected chi connectivity index (χ1v) is 13.0. The molecule has 1 saturated carbocycles. The third-order valence-electron chi connectivity index (χ3n) is 7.98. The summed E-state index contributed by atoms with van der Waals surface area (Å²) >= 11 is 0. The van der Waals surface area contributed by atoms with Crippen LogP contribution in [0.25, 0.3) is 44.3 Å². The van der Waals surface area contributed by atoms with Crippen molar-refractivity contribution in [3.8, 4) is 28.5 Å². The molecule has 0 radical (unpaired) electrons. The molecule has 1 fully saturated rings. The van der Waals surface area contributed by atoms with E-state index in [1.54, 1.807) is 0 Å². The Kier molecular flexibility index (Phi) is 5.61. The summed E-state index contributed by atoms with van der Waals surface area (Å²) in [6, 6.07) is 23.9. The van der Waals surface area contributed by atoms with Crippen LogP contribution in [-0.2, 0) is 7.05 Å². The van der Waals surface area contributed by atoms with Gasteiger partial charge in [0.25, 0.3) is 0 Å². The zero-order chi connectivity index (χ0) is 24.8. The molecular weight excluding hydrogens is 440 g/mol. The molecule has 3 nitrogen and oxygen atoms in total. The van der Waals surface area contributed by atoms with E-state index in [1.165, 1.54) is 48.8 Å². The predicted molar refractivity (Wildman–Crippen MR) is 146 cm³/mol. The molecule has 2 heterocycles. The van der Waals surface area contributed by atoms with Crippen LogP contribution in [0, 0.1) is 25.2 Å². The lowest BCUT2D eigenvalue weighted by Gasteiger charge is -2.22. The number of pyridine rings is 1. The van der Waals surface area contributed by atoms with Crippen LogP contribution >= 0.6 is 0 Å². The lowest BCUT2D eigenvalue weighted by atomic mass is 9.83. The van der Waals surface area contributed by atoms with Gasteiger partial charge in [0, 0.05) is 28.5 Å². The highest BCUT2D eigenvalue weighted by Crippen LogP contribution is 2.42. The van der Waals surface area contributed by atoms with E-state index in [2.05, 4.69) is 86.3 Å². The number of hydrogen-bond acceptors (Lipinski definition) is 2. The van der Waals surface area contributed by atoms with Crippen molar-refractivity contribution in [3.05, 3.63) is 89.1 Å². The van der Waals surface area contributed by atoms with Crippen molar-refractivity contribution >= 4 is 21.9 Å². The van der Waals surface area contributed by atoms with Crippen molar-refractivity contribution in [2.75, 3.05) is 0 Å². The third kappa shape index (κ3) is 3.69. The second kappa shape index (κ2) is 8.95. The van der Waals surface area contributed by atoms with Crippen LogP contribution in [-0.4, -0.2) is 0 Å². The number of rotatable bonds is 3. The molecule has 0 N–H and O–H groups in total. The molecule has 3 aromatic carbocycles. The fourth-order valence-electron chi connectivity index (χ4n) is 5.98. The summed E-state index contributed by atoms with van der Waals surface area (Å²) in [6.45, 7) is 4.25. The minimum absolute atomic E-state index is 0.645. The molecule has 0 saturated heterocycles. The summed E-state index contributed by atoms with van der Waals surface area (Å²) in [6.07, 6.45) is 8.66. The van der Waals surface area contributed by atoms with Gasteiger partial charge in [-0.25, -0.2) is 4.57 Å². The van der Waals surface area contributed by atoms with Crippen molar-refractivity contribution in [2.24, 2.45) is 7.05 Å². The SMILES string of the molecule is Cc1cc[n+](C)c(-c2c(C)ccc3c2oc2c(-c4ccc(C5CCCCC5)cc4)c(C#N)ccc23)c1. The number of furan rings is 1. The summed E-state index contributed by atoms with van der Waals surface area (Å²) in [5, 5.41) is 12.1. The van der Waals surface area contributed by atoms with E-state index in [9.17, 15) is 5.26 Å². The molecule has 1 aliphatic rings. The van der Waals surface area contributed by atoms with Gasteiger partial charge in [0.15, 0.2) is 6.20 Å². The number of aromatic nitrogens is 1. The van der Waals surface area contributed by atoms with E-state index in [0.29, 0.717) is 11.5 Å². The molecule has 36 heavy (non-hydrogen) atoms. The molecule has 0 unspecified atom stereocenters. The van der Waals surface area contributed by atoms with Crippen molar-refractivity contribution in [2.45, 2.75) is 51.9 Å². The Bertz CT molecular complexity index is 1640. The maximum atomic E-state index is 10.0. The van der Waals surface area contributed by atoms with Crippen molar-refractivity contribution in [1.82, 2.24) is 0 Å². The van der Waals surface area contributed by atoms with Gasteiger partial charge < -0.3 is 4.42 Å². The Labute approximate surface area is 212 Å². The number of benzene rings is 3. The molecule has 3 heteroatoms. The Balaban J connectivity index is 1.57. The molecule has 178 valence electrons.